The molecular weight excluding hydrogens is 206 g/mol. The second-order valence-corrected chi connectivity index (χ2v) is 5.33. The van der Waals surface area contributed by atoms with Crippen molar-refractivity contribution in [3.63, 3.8) is 0 Å². The fourth-order valence-electron chi connectivity index (χ4n) is 2.16. The van der Waals surface area contributed by atoms with Crippen molar-refractivity contribution in [1.82, 2.24) is 4.90 Å². The van der Waals surface area contributed by atoms with Crippen molar-refractivity contribution in [1.29, 1.82) is 0 Å². The summed E-state index contributed by atoms with van der Waals surface area (Å²) in [6.07, 6.45) is 0. The molecule has 0 saturated heterocycles. The lowest BCUT2D eigenvalue weighted by atomic mass is 10.1. The molecule has 0 spiro atoms. The van der Waals surface area contributed by atoms with Crippen molar-refractivity contribution in [2.24, 2.45) is 10.7 Å². The highest BCUT2D eigenvalue weighted by Gasteiger charge is 2.27. The van der Waals surface area contributed by atoms with E-state index >= 15 is 0 Å². The first kappa shape index (κ1) is 10.5. The number of aliphatic imine (C=N–C) groups is 1. The Morgan fingerprint density at radius 1 is 1.60 bits per heavy atom. The molecule has 2 heterocycles. The second-order valence-electron chi connectivity index (χ2n) is 3.87. The first-order chi connectivity index (χ1) is 7.13. The lowest BCUT2D eigenvalue weighted by molar-refractivity contribution is 0.364. The minimum atomic E-state index is 0.361. The van der Waals surface area contributed by atoms with E-state index < -0.39 is 0 Å². The molecule has 1 aromatic rings. The third-order valence-electron chi connectivity index (χ3n) is 2.88. The third kappa shape index (κ3) is 1.74. The monoisotopic (exact) mass is 223 g/mol. The molecule has 0 saturated carbocycles. The Morgan fingerprint density at radius 3 is 2.87 bits per heavy atom. The fraction of sp³-hybridized carbons (Fsp3) is 0.545. The number of hydrogen-bond acceptors (Lipinski definition) is 4. The number of nitrogens with zero attached hydrogens (tertiary/aromatic N) is 2. The summed E-state index contributed by atoms with van der Waals surface area (Å²) in [5, 5.41) is 0. The van der Waals surface area contributed by atoms with Gasteiger partial charge in [0.15, 0.2) is 5.96 Å². The summed E-state index contributed by atoms with van der Waals surface area (Å²) in [6, 6.07) is 2.63. The van der Waals surface area contributed by atoms with Crippen molar-refractivity contribution < 1.29 is 0 Å². The third-order valence-corrected chi connectivity index (χ3v) is 3.86. The van der Waals surface area contributed by atoms with Gasteiger partial charge in [-0.25, -0.2) is 0 Å². The number of rotatable bonds is 2. The van der Waals surface area contributed by atoms with Crippen molar-refractivity contribution in [2.45, 2.75) is 26.8 Å². The smallest absolute Gasteiger partial charge is 0.191 e. The molecule has 0 amide bonds. The maximum Gasteiger partial charge on any atom is 0.191 e. The lowest BCUT2D eigenvalue weighted by Gasteiger charge is -2.24. The summed E-state index contributed by atoms with van der Waals surface area (Å²) in [6.45, 7) is 8.17. The van der Waals surface area contributed by atoms with Gasteiger partial charge in [-0.3, -0.25) is 4.99 Å². The Morgan fingerprint density at radius 2 is 2.33 bits per heavy atom. The van der Waals surface area contributed by atoms with Crippen molar-refractivity contribution in [2.75, 3.05) is 13.1 Å². The molecule has 15 heavy (non-hydrogen) atoms. The molecule has 0 aliphatic carbocycles. The summed E-state index contributed by atoms with van der Waals surface area (Å²) in [7, 11) is 0. The number of guanidine groups is 1. The molecule has 2 rings (SSSR count). The summed E-state index contributed by atoms with van der Waals surface area (Å²) in [5.74, 6) is 0.686. The van der Waals surface area contributed by atoms with E-state index in [4.69, 9.17) is 5.73 Å². The van der Waals surface area contributed by atoms with Crippen LogP contribution in [0.1, 0.15) is 28.3 Å². The molecule has 0 aromatic carbocycles. The van der Waals surface area contributed by atoms with Gasteiger partial charge in [-0.15, -0.1) is 11.3 Å². The fourth-order valence-corrected chi connectivity index (χ4v) is 3.14. The van der Waals surface area contributed by atoms with Crippen LogP contribution in [0.2, 0.25) is 0 Å². The minimum Gasteiger partial charge on any atom is -0.370 e. The number of hydrogen-bond donors (Lipinski definition) is 1. The van der Waals surface area contributed by atoms with E-state index in [9.17, 15) is 0 Å². The summed E-state index contributed by atoms with van der Waals surface area (Å²) in [4.78, 5) is 9.25. The molecular formula is C11H17N3S. The number of nitrogens with two attached hydrogens (primary N) is 1. The van der Waals surface area contributed by atoms with E-state index in [1.807, 2.05) is 11.3 Å². The first-order valence-corrected chi connectivity index (χ1v) is 6.08. The molecule has 0 fully saturated rings. The zero-order chi connectivity index (χ0) is 11.0. The Hall–Kier alpha value is -1.03. The van der Waals surface area contributed by atoms with Crippen LogP contribution in [0.25, 0.3) is 0 Å². The average Bonchev–Trinajstić information content (AvgIpc) is 2.69. The number of aryl methyl sites for hydroxylation is 2. The van der Waals surface area contributed by atoms with Gasteiger partial charge in [0.05, 0.1) is 12.6 Å². The topological polar surface area (TPSA) is 41.6 Å². The molecule has 0 radical (unpaired) electrons. The Balaban J connectivity index is 2.29. The quantitative estimate of drug-likeness (QED) is 0.833. The molecule has 1 aliphatic rings. The summed E-state index contributed by atoms with van der Waals surface area (Å²) >= 11 is 1.85. The van der Waals surface area contributed by atoms with Gasteiger partial charge in [0.25, 0.3) is 0 Å². The minimum absolute atomic E-state index is 0.361. The van der Waals surface area contributed by atoms with Gasteiger partial charge in [-0.05, 0) is 32.4 Å². The van der Waals surface area contributed by atoms with Crippen molar-refractivity contribution in [3.8, 4) is 0 Å². The molecule has 82 valence electrons. The predicted molar refractivity (Wildman–Crippen MR) is 65.4 cm³/mol. The van der Waals surface area contributed by atoms with Gasteiger partial charge in [0.1, 0.15) is 0 Å². The number of likely N-dealkylation sites (N-methyl/N-ethyl adjacent to an activating group) is 1. The van der Waals surface area contributed by atoms with Gasteiger partial charge < -0.3 is 10.6 Å². The van der Waals surface area contributed by atoms with E-state index in [2.05, 4.69) is 36.7 Å². The molecule has 1 unspecified atom stereocenters. The van der Waals surface area contributed by atoms with Gasteiger partial charge in [-0.2, -0.15) is 0 Å². The predicted octanol–water partition coefficient (Wildman–Crippen LogP) is 2.06. The van der Waals surface area contributed by atoms with Gasteiger partial charge in [-0.1, -0.05) is 0 Å². The highest BCUT2D eigenvalue weighted by atomic mass is 32.1. The van der Waals surface area contributed by atoms with Crippen LogP contribution >= 0.6 is 11.3 Å². The van der Waals surface area contributed by atoms with Gasteiger partial charge >= 0.3 is 0 Å². The van der Waals surface area contributed by atoms with Gasteiger partial charge in [0.2, 0.25) is 0 Å². The Labute approximate surface area is 94.6 Å². The molecule has 4 heteroatoms. The van der Waals surface area contributed by atoms with Crippen molar-refractivity contribution >= 4 is 17.3 Å². The van der Waals surface area contributed by atoms with Crippen LogP contribution in [0.3, 0.4) is 0 Å². The molecule has 1 aromatic heterocycles. The summed E-state index contributed by atoms with van der Waals surface area (Å²) < 4.78 is 0. The summed E-state index contributed by atoms with van der Waals surface area (Å²) in [5.41, 5.74) is 7.25. The van der Waals surface area contributed by atoms with Gasteiger partial charge in [0, 0.05) is 16.3 Å². The van der Waals surface area contributed by atoms with E-state index in [1.54, 1.807) is 0 Å². The molecule has 0 bridgehead atoms. The zero-order valence-corrected chi connectivity index (χ0v) is 10.3. The molecule has 1 atom stereocenters. The van der Waals surface area contributed by atoms with Crippen LogP contribution in [0.15, 0.2) is 11.1 Å². The normalized spacial score (nSPS) is 20.9. The lowest BCUT2D eigenvalue weighted by Crippen LogP contribution is -2.35. The van der Waals surface area contributed by atoms with Crippen LogP contribution in [-0.4, -0.2) is 23.9 Å². The maximum atomic E-state index is 5.85. The largest absolute Gasteiger partial charge is 0.370 e. The van der Waals surface area contributed by atoms with Crippen LogP contribution in [0.5, 0.6) is 0 Å². The molecule has 3 nitrogen and oxygen atoms in total. The molecule has 1 aliphatic heterocycles. The van der Waals surface area contributed by atoms with Crippen LogP contribution in [-0.2, 0) is 0 Å². The standard InChI is InChI=1S/C11H17N3S/c1-4-14-10(6-13-11(14)12)9-5-7(2)15-8(9)3/h5,10H,4,6H2,1-3H3,(H2,12,13). The van der Waals surface area contributed by atoms with Crippen LogP contribution in [0.4, 0.5) is 0 Å². The number of thiophene rings is 1. The molecule has 2 N–H and O–H groups in total. The van der Waals surface area contributed by atoms with E-state index in [0.717, 1.165) is 13.1 Å². The Kier molecular flexibility index (Phi) is 2.69. The Bertz CT molecular complexity index is 395. The van der Waals surface area contributed by atoms with E-state index in [1.165, 1.54) is 15.3 Å². The zero-order valence-electron chi connectivity index (χ0n) is 9.45. The average molecular weight is 223 g/mol. The van der Waals surface area contributed by atoms with Crippen LogP contribution < -0.4 is 5.73 Å². The van der Waals surface area contributed by atoms with E-state index in [-0.39, 0.29) is 0 Å². The van der Waals surface area contributed by atoms with E-state index in [0.29, 0.717) is 12.0 Å². The SMILES string of the molecule is CCN1C(N)=NCC1c1cc(C)sc1C. The maximum absolute atomic E-state index is 5.85. The van der Waals surface area contributed by atoms with Crippen LogP contribution in [0, 0.1) is 13.8 Å². The first-order valence-electron chi connectivity index (χ1n) is 5.27. The highest BCUT2D eigenvalue weighted by molar-refractivity contribution is 7.12. The van der Waals surface area contributed by atoms with Crippen molar-refractivity contribution in [3.05, 3.63) is 21.4 Å². The second kappa shape index (κ2) is 3.85. The highest BCUT2D eigenvalue weighted by Crippen LogP contribution is 2.32.